The molecule has 8 rings (SSSR count). The molecule has 0 aliphatic rings. The molecule has 8 aromatic rings. The SMILES string of the molecule is Fc1ccc2nc3c(cc(-c4ccc(-c5nc(-c6ccccc6)nc(-c6ccccc6)n5)cc4)c4cccnc43)cc2c1. The van der Waals surface area contributed by atoms with Gasteiger partial charge >= 0.3 is 0 Å². The fourth-order valence-corrected chi connectivity index (χ4v) is 5.48. The summed E-state index contributed by atoms with van der Waals surface area (Å²) in [5.41, 5.74) is 7.11. The molecular weight excluding hydrogens is 533 g/mol. The molecule has 0 amide bonds. The standard InChI is InChI=1S/C37H22FN5/c38-29-17-18-32-27(21-29)20-28-22-31(30-12-7-19-39-34(30)33(28)40-32)23-13-15-26(16-14-23)37-42-35(24-8-3-1-4-9-24)41-36(43-37)25-10-5-2-6-11-25/h1-22H. The molecule has 3 aromatic heterocycles. The lowest BCUT2D eigenvalue weighted by Gasteiger charge is -2.12. The van der Waals surface area contributed by atoms with Gasteiger partial charge in [-0.25, -0.2) is 24.3 Å². The zero-order chi connectivity index (χ0) is 28.8. The predicted molar refractivity (Wildman–Crippen MR) is 170 cm³/mol. The minimum atomic E-state index is -0.285. The van der Waals surface area contributed by atoms with Crippen molar-refractivity contribution in [2.75, 3.05) is 0 Å². The molecule has 0 saturated carbocycles. The van der Waals surface area contributed by atoms with E-state index in [0.717, 1.165) is 60.5 Å². The van der Waals surface area contributed by atoms with E-state index in [2.05, 4.69) is 24.3 Å². The second kappa shape index (κ2) is 10.2. The third kappa shape index (κ3) is 4.55. The molecule has 5 aromatic carbocycles. The molecule has 0 aliphatic heterocycles. The smallest absolute Gasteiger partial charge is 0.164 e. The van der Waals surface area contributed by atoms with Crippen LogP contribution in [-0.2, 0) is 0 Å². The van der Waals surface area contributed by atoms with E-state index in [-0.39, 0.29) is 5.82 Å². The van der Waals surface area contributed by atoms with Crippen molar-refractivity contribution < 1.29 is 4.39 Å². The zero-order valence-electron chi connectivity index (χ0n) is 22.8. The molecule has 0 radical (unpaired) electrons. The van der Waals surface area contributed by atoms with Crippen molar-refractivity contribution >= 4 is 32.7 Å². The summed E-state index contributed by atoms with van der Waals surface area (Å²) >= 11 is 0. The fourth-order valence-electron chi connectivity index (χ4n) is 5.48. The Morgan fingerprint density at radius 3 is 1.70 bits per heavy atom. The first-order chi connectivity index (χ1) is 21.2. The van der Waals surface area contributed by atoms with Crippen molar-refractivity contribution in [3.05, 3.63) is 139 Å². The summed E-state index contributed by atoms with van der Waals surface area (Å²) in [7, 11) is 0. The Hall–Kier alpha value is -5.88. The Labute approximate surface area is 246 Å². The Morgan fingerprint density at radius 1 is 0.442 bits per heavy atom. The van der Waals surface area contributed by atoms with Gasteiger partial charge in [0.05, 0.1) is 16.6 Å². The van der Waals surface area contributed by atoms with Gasteiger partial charge in [-0.15, -0.1) is 0 Å². The number of hydrogen-bond donors (Lipinski definition) is 0. The van der Waals surface area contributed by atoms with Gasteiger partial charge in [-0.05, 0) is 47.5 Å². The maximum Gasteiger partial charge on any atom is 0.164 e. The highest BCUT2D eigenvalue weighted by Gasteiger charge is 2.15. The number of benzene rings is 5. The average molecular weight is 556 g/mol. The maximum absolute atomic E-state index is 14.0. The van der Waals surface area contributed by atoms with Crippen molar-refractivity contribution in [2.24, 2.45) is 0 Å². The van der Waals surface area contributed by atoms with Crippen LogP contribution >= 0.6 is 0 Å². The Balaban J connectivity index is 1.26. The van der Waals surface area contributed by atoms with Crippen molar-refractivity contribution in [1.82, 2.24) is 24.9 Å². The van der Waals surface area contributed by atoms with Crippen molar-refractivity contribution in [1.29, 1.82) is 0 Å². The van der Waals surface area contributed by atoms with Crippen LogP contribution in [0, 0.1) is 5.82 Å². The Kier molecular flexibility index (Phi) is 5.90. The van der Waals surface area contributed by atoms with E-state index >= 15 is 0 Å². The van der Waals surface area contributed by atoms with Crippen LogP contribution in [0.15, 0.2) is 134 Å². The second-order valence-electron chi connectivity index (χ2n) is 10.3. The first-order valence-corrected chi connectivity index (χ1v) is 14.0. The van der Waals surface area contributed by atoms with Crippen LogP contribution in [0.2, 0.25) is 0 Å². The minimum Gasteiger partial charge on any atom is -0.254 e. The van der Waals surface area contributed by atoms with E-state index in [0.29, 0.717) is 17.5 Å². The molecule has 202 valence electrons. The second-order valence-corrected chi connectivity index (χ2v) is 10.3. The maximum atomic E-state index is 14.0. The zero-order valence-corrected chi connectivity index (χ0v) is 22.8. The predicted octanol–water partition coefficient (Wildman–Crippen LogP) is 8.93. The molecule has 43 heavy (non-hydrogen) atoms. The summed E-state index contributed by atoms with van der Waals surface area (Å²) in [6.07, 6.45) is 1.78. The van der Waals surface area contributed by atoms with E-state index in [1.54, 1.807) is 12.3 Å². The van der Waals surface area contributed by atoms with Gasteiger partial charge in [0, 0.05) is 39.0 Å². The highest BCUT2D eigenvalue weighted by Crippen LogP contribution is 2.35. The normalized spacial score (nSPS) is 11.4. The minimum absolute atomic E-state index is 0.285. The highest BCUT2D eigenvalue weighted by atomic mass is 19.1. The van der Waals surface area contributed by atoms with Crippen LogP contribution in [0.25, 0.3) is 78.0 Å². The molecule has 0 aliphatic carbocycles. The number of hydrogen-bond acceptors (Lipinski definition) is 5. The highest BCUT2D eigenvalue weighted by molar-refractivity contribution is 6.12. The van der Waals surface area contributed by atoms with Crippen molar-refractivity contribution in [3.8, 4) is 45.3 Å². The summed E-state index contributed by atoms with van der Waals surface area (Å²) in [4.78, 5) is 24.1. The van der Waals surface area contributed by atoms with Gasteiger partial charge in [0.2, 0.25) is 0 Å². The summed E-state index contributed by atoms with van der Waals surface area (Å²) in [6, 6.07) is 40.8. The molecular formula is C37H22FN5. The van der Waals surface area contributed by atoms with Gasteiger partial charge in [-0.2, -0.15) is 0 Å². The van der Waals surface area contributed by atoms with Crippen molar-refractivity contribution in [3.63, 3.8) is 0 Å². The van der Waals surface area contributed by atoms with Crippen LogP contribution in [0.3, 0.4) is 0 Å². The van der Waals surface area contributed by atoms with Gasteiger partial charge < -0.3 is 0 Å². The molecule has 0 atom stereocenters. The number of nitrogens with zero attached hydrogens (tertiary/aromatic N) is 5. The number of fused-ring (bicyclic) bond motifs is 4. The summed E-state index contributed by atoms with van der Waals surface area (Å²) in [5, 5.41) is 2.65. The molecule has 0 N–H and O–H groups in total. The molecule has 0 spiro atoms. The molecule has 0 unspecified atom stereocenters. The van der Waals surface area contributed by atoms with Gasteiger partial charge in [0.1, 0.15) is 5.82 Å². The molecule has 3 heterocycles. The third-order valence-corrected chi connectivity index (χ3v) is 7.58. The lowest BCUT2D eigenvalue weighted by Crippen LogP contribution is -2.00. The van der Waals surface area contributed by atoms with Gasteiger partial charge in [-0.3, -0.25) is 4.98 Å². The van der Waals surface area contributed by atoms with Gasteiger partial charge in [0.25, 0.3) is 0 Å². The van der Waals surface area contributed by atoms with Crippen LogP contribution < -0.4 is 0 Å². The van der Waals surface area contributed by atoms with E-state index in [1.807, 2.05) is 84.9 Å². The lowest BCUT2D eigenvalue weighted by atomic mass is 9.96. The van der Waals surface area contributed by atoms with Gasteiger partial charge in [0.15, 0.2) is 17.5 Å². The fraction of sp³-hybridized carbons (Fsp3) is 0. The monoisotopic (exact) mass is 555 g/mol. The summed E-state index contributed by atoms with van der Waals surface area (Å²) in [5.74, 6) is 1.56. The van der Waals surface area contributed by atoms with Crippen LogP contribution in [0.5, 0.6) is 0 Å². The number of pyridine rings is 2. The molecule has 0 fully saturated rings. The number of rotatable bonds is 4. The quantitative estimate of drug-likeness (QED) is 0.160. The lowest BCUT2D eigenvalue weighted by molar-refractivity contribution is 0.629. The van der Waals surface area contributed by atoms with Crippen molar-refractivity contribution in [2.45, 2.75) is 0 Å². The topological polar surface area (TPSA) is 64.5 Å². The molecule has 5 nitrogen and oxygen atoms in total. The molecule has 6 heteroatoms. The van der Waals surface area contributed by atoms with E-state index < -0.39 is 0 Å². The summed E-state index contributed by atoms with van der Waals surface area (Å²) < 4.78 is 14.0. The number of aromatic nitrogens is 5. The average Bonchev–Trinajstić information content (AvgIpc) is 3.08. The number of halogens is 1. The summed E-state index contributed by atoms with van der Waals surface area (Å²) in [6.45, 7) is 0. The Bertz CT molecular complexity index is 2230. The Morgan fingerprint density at radius 2 is 1.05 bits per heavy atom. The van der Waals surface area contributed by atoms with E-state index in [4.69, 9.17) is 24.9 Å². The first kappa shape index (κ1) is 24.9. The molecule has 0 bridgehead atoms. The molecule has 0 saturated heterocycles. The largest absolute Gasteiger partial charge is 0.254 e. The van der Waals surface area contributed by atoms with E-state index in [9.17, 15) is 4.39 Å². The van der Waals surface area contributed by atoms with E-state index in [1.165, 1.54) is 12.1 Å². The first-order valence-electron chi connectivity index (χ1n) is 14.0. The van der Waals surface area contributed by atoms with Gasteiger partial charge in [-0.1, -0.05) is 91.0 Å². The third-order valence-electron chi connectivity index (χ3n) is 7.58. The van der Waals surface area contributed by atoms with Crippen LogP contribution in [-0.4, -0.2) is 24.9 Å². The van der Waals surface area contributed by atoms with Crippen LogP contribution in [0.1, 0.15) is 0 Å². The van der Waals surface area contributed by atoms with Crippen LogP contribution in [0.4, 0.5) is 4.39 Å².